The maximum Gasteiger partial charge on any atom is 0.223 e. The second kappa shape index (κ2) is 6.52. The van der Waals surface area contributed by atoms with Gasteiger partial charge in [0.1, 0.15) is 12.1 Å². The summed E-state index contributed by atoms with van der Waals surface area (Å²) in [6, 6.07) is 3.88. The summed E-state index contributed by atoms with van der Waals surface area (Å²) < 4.78 is 1.86. The lowest BCUT2D eigenvalue weighted by Crippen LogP contribution is -2.31. The quantitative estimate of drug-likeness (QED) is 0.938. The van der Waals surface area contributed by atoms with Gasteiger partial charge in [0, 0.05) is 36.6 Å². The summed E-state index contributed by atoms with van der Waals surface area (Å²) in [5.41, 5.74) is 1.000. The van der Waals surface area contributed by atoms with E-state index in [2.05, 4.69) is 15.3 Å². The predicted octanol–water partition coefficient (Wildman–Crippen LogP) is 2.46. The molecule has 2 heterocycles. The van der Waals surface area contributed by atoms with Crippen molar-refractivity contribution in [1.82, 2.24) is 19.9 Å². The Morgan fingerprint density at radius 1 is 1.29 bits per heavy atom. The van der Waals surface area contributed by atoms with Crippen LogP contribution in [-0.4, -0.2) is 20.4 Å². The highest BCUT2D eigenvalue weighted by Gasteiger charge is 2.20. The van der Waals surface area contributed by atoms with Crippen LogP contribution in [0.1, 0.15) is 37.7 Å². The molecule has 21 heavy (non-hydrogen) atoms. The topological polar surface area (TPSA) is 59.8 Å². The average molecular weight is 284 g/mol. The number of hydrogen-bond donors (Lipinski definition) is 1. The minimum absolute atomic E-state index is 0.176. The number of hydrogen-bond acceptors (Lipinski definition) is 3. The Hall–Kier alpha value is -2.17. The Balaban J connectivity index is 1.66. The Morgan fingerprint density at radius 3 is 2.90 bits per heavy atom. The zero-order valence-electron chi connectivity index (χ0n) is 12.0. The van der Waals surface area contributed by atoms with Gasteiger partial charge in [-0.1, -0.05) is 25.3 Å². The summed E-state index contributed by atoms with van der Waals surface area (Å²) in [4.78, 5) is 20.6. The van der Waals surface area contributed by atoms with Gasteiger partial charge in [0.05, 0.1) is 0 Å². The summed E-state index contributed by atoms with van der Waals surface area (Å²) in [5.74, 6) is 1.18. The molecule has 1 fully saturated rings. The first-order chi connectivity index (χ1) is 10.3. The van der Waals surface area contributed by atoms with Crippen LogP contribution < -0.4 is 5.32 Å². The van der Waals surface area contributed by atoms with E-state index in [-0.39, 0.29) is 11.8 Å². The number of carbonyl (C=O) groups excluding carboxylic acids is 1. The molecule has 0 atom stereocenters. The average Bonchev–Trinajstić information content (AvgIpc) is 3.08. The van der Waals surface area contributed by atoms with E-state index in [4.69, 9.17) is 0 Å². The van der Waals surface area contributed by atoms with Gasteiger partial charge in [-0.2, -0.15) is 0 Å². The first-order valence-electron chi connectivity index (χ1n) is 7.54. The third-order valence-electron chi connectivity index (χ3n) is 4.05. The molecule has 1 aliphatic rings. The van der Waals surface area contributed by atoms with E-state index in [0.717, 1.165) is 24.2 Å². The molecule has 2 aromatic heterocycles. The van der Waals surface area contributed by atoms with E-state index < -0.39 is 0 Å². The molecular weight excluding hydrogens is 264 g/mol. The van der Waals surface area contributed by atoms with Crippen LogP contribution in [0.3, 0.4) is 0 Å². The molecule has 0 saturated heterocycles. The largest absolute Gasteiger partial charge is 0.352 e. The minimum Gasteiger partial charge on any atom is -0.352 e. The lowest BCUT2D eigenvalue weighted by atomic mass is 9.88. The monoisotopic (exact) mass is 284 g/mol. The normalized spacial score (nSPS) is 15.8. The summed E-state index contributed by atoms with van der Waals surface area (Å²) in [6.45, 7) is 0.511. The Bertz CT molecular complexity index is 588. The molecule has 2 aromatic rings. The Labute approximate surface area is 124 Å². The highest BCUT2D eigenvalue weighted by molar-refractivity contribution is 5.78. The van der Waals surface area contributed by atoms with Gasteiger partial charge in [0.2, 0.25) is 5.91 Å². The number of carbonyl (C=O) groups is 1. The van der Waals surface area contributed by atoms with Crippen molar-refractivity contribution in [1.29, 1.82) is 0 Å². The van der Waals surface area contributed by atoms with Gasteiger partial charge in [-0.3, -0.25) is 9.36 Å². The molecule has 0 unspecified atom stereocenters. The van der Waals surface area contributed by atoms with Crippen molar-refractivity contribution in [3.05, 3.63) is 42.6 Å². The van der Waals surface area contributed by atoms with Gasteiger partial charge in [-0.05, 0) is 18.9 Å². The smallest absolute Gasteiger partial charge is 0.223 e. The number of amides is 1. The van der Waals surface area contributed by atoms with Crippen molar-refractivity contribution in [2.75, 3.05) is 0 Å². The van der Waals surface area contributed by atoms with Gasteiger partial charge >= 0.3 is 0 Å². The molecule has 0 bridgehead atoms. The summed E-state index contributed by atoms with van der Waals surface area (Å²) in [6.07, 6.45) is 12.7. The number of aromatic nitrogens is 3. The zero-order valence-corrected chi connectivity index (χ0v) is 12.0. The van der Waals surface area contributed by atoms with Crippen LogP contribution in [-0.2, 0) is 11.3 Å². The number of nitrogens with zero attached hydrogens (tertiary/aromatic N) is 3. The van der Waals surface area contributed by atoms with E-state index in [1.165, 1.54) is 19.3 Å². The van der Waals surface area contributed by atoms with Crippen molar-refractivity contribution in [2.24, 2.45) is 5.92 Å². The summed E-state index contributed by atoms with van der Waals surface area (Å²) >= 11 is 0. The number of nitrogens with one attached hydrogen (secondary N) is 1. The predicted molar refractivity (Wildman–Crippen MR) is 79.8 cm³/mol. The van der Waals surface area contributed by atoms with Gasteiger partial charge in [-0.15, -0.1) is 0 Å². The molecule has 5 nitrogen and oxygen atoms in total. The van der Waals surface area contributed by atoms with E-state index in [9.17, 15) is 4.79 Å². The SMILES string of the molecule is O=C(NCc1cccnc1-n1ccnc1)C1CCCCC1. The standard InChI is InChI=1S/C16H20N4O/c21-16(13-5-2-1-3-6-13)19-11-14-7-4-8-18-15(14)20-10-9-17-12-20/h4,7-10,12-13H,1-3,5-6,11H2,(H,19,21). The van der Waals surface area contributed by atoms with Crippen molar-refractivity contribution >= 4 is 5.91 Å². The highest BCUT2D eigenvalue weighted by Crippen LogP contribution is 2.23. The van der Waals surface area contributed by atoms with Gasteiger partial charge in [0.15, 0.2) is 0 Å². The summed E-state index contributed by atoms with van der Waals surface area (Å²) in [5, 5.41) is 3.06. The highest BCUT2D eigenvalue weighted by atomic mass is 16.1. The van der Waals surface area contributed by atoms with Crippen LogP contribution in [0.25, 0.3) is 5.82 Å². The molecule has 1 aliphatic carbocycles. The fourth-order valence-electron chi connectivity index (χ4n) is 2.88. The molecule has 110 valence electrons. The maximum absolute atomic E-state index is 12.2. The molecule has 3 rings (SSSR count). The maximum atomic E-state index is 12.2. The van der Waals surface area contributed by atoms with E-state index in [1.807, 2.05) is 22.9 Å². The first-order valence-corrected chi connectivity index (χ1v) is 7.54. The van der Waals surface area contributed by atoms with Gasteiger partial charge in [0.25, 0.3) is 0 Å². The second-order valence-electron chi connectivity index (χ2n) is 5.51. The van der Waals surface area contributed by atoms with Gasteiger partial charge < -0.3 is 5.32 Å². The Morgan fingerprint density at radius 2 is 2.14 bits per heavy atom. The molecule has 1 N–H and O–H groups in total. The number of imidazole rings is 1. The molecule has 1 saturated carbocycles. The first kappa shape index (κ1) is 13.8. The number of pyridine rings is 1. The Kier molecular flexibility index (Phi) is 4.28. The van der Waals surface area contributed by atoms with Gasteiger partial charge in [-0.25, -0.2) is 9.97 Å². The van der Waals surface area contributed by atoms with E-state index >= 15 is 0 Å². The summed E-state index contributed by atoms with van der Waals surface area (Å²) in [7, 11) is 0. The van der Waals surface area contributed by atoms with Crippen molar-refractivity contribution in [2.45, 2.75) is 38.6 Å². The lowest BCUT2D eigenvalue weighted by Gasteiger charge is -2.21. The molecular formula is C16H20N4O. The minimum atomic E-state index is 0.176. The van der Waals surface area contributed by atoms with E-state index in [0.29, 0.717) is 6.54 Å². The third kappa shape index (κ3) is 3.29. The van der Waals surface area contributed by atoms with Crippen LogP contribution in [0.2, 0.25) is 0 Å². The molecule has 0 spiro atoms. The molecule has 0 radical (unpaired) electrons. The molecule has 1 amide bonds. The van der Waals surface area contributed by atoms with Crippen LogP contribution in [0.4, 0.5) is 0 Å². The van der Waals surface area contributed by atoms with Crippen LogP contribution in [0, 0.1) is 5.92 Å². The lowest BCUT2D eigenvalue weighted by molar-refractivity contribution is -0.126. The van der Waals surface area contributed by atoms with Crippen LogP contribution in [0.15, 0.2) is 37.1 Å². The molecule has 5 heteroatoms. The fourth-order valence-corrected chi connectivity index (χ4v) is 2.88. The number of rotatable bonds is 4. The molecule has 0 aliphatic heterocycles. The van der Waals surface area contributed by atoms with E-state index in [1.54, 1.807) is 18.7 Å². The second-order valence-corrected chi connectivity index (χ2v) is 5.51. The van der Waals surface area contributed by atoms with Crippen molar-refractivity contribution in [3.8, 4) is 5.82 Å². The van der Waals surface area contributed by atoms with Crippen LogP contribution in [0.5, 0.6) is 0 Å². The van der Waals surface area contributed by atoms with Crippen molar-refractivity contribution in [3.63, 3.8) is 0 Å². The fraction of sp³-hybridized carbons (Fsp3) is 0.438. The van der Waals surface area contributed by atoms with Crippen molar-refractivity contribution < 1.29 is 4.79 Å². The third-order valence-corrected chi connectivity index (χ3v) is 4.05. The molecule has 0 aromatic carbocycles. The zero-order chi connectivity index (χ0) is 14.5. The van der Waals surface area contributed by atoms with Crippen LogP contribution >= 0.6 is 0 Å².